The van der Waals surface area contributed by atoms with Gasteiger partial charge in [-0.05, 0) is 47.9 Å². The number of rotatable bonds is 6. The molecule has 1 saturated heterocycles. The summed E-state index contributed by atoms with van der Waals surface area (Å²) in [6.45, 7) is 7.08. The summed E-state index contributed by atoms with van der Waals surface area (Å²) in [5.41, 5.74) is 4.21. The molecule has 0 aliphatic carbocycles. The van der Waals surface area contributed by atoms with E-state index in [-0.39, 0.29) is 5.75 Å². The van der Waals surface area contributed by atoms with E-state index in [0.717, 1.165) is 55.0 Å². The van der Waals surface area contributed by atoms with Gasteiger partial charge in [0.15, 0.2) is 0 Å². The number of methoxy groups -OCH3 is 1. The van der Waals surface area contributed by atoms with Crippen LogP contribution in [0.15, 0.2) is 75.9 Å². The van der Waals surface area contributed by atoms with Crippen molar-refractivity contribution in [3.63, 3.8) is 0 Å². The summed E-state index contributed by atoms with van der Waals surface area (Å²) in [4.78, 5) is 17.8. The molecule has 3 aromatic carbocycles. The molecule has 0 saturated carbocycles. The number of benzene rings is 3. The second kappa shape index (κ2) is 9.94. The highest BCUT2D eigenvalue weighted by Crippen LogP contribution is 2.33. The third-order valence-electron chi connectivity index (χ3n) is 6.89. The van der Waals surface area contributed by atoms with Crippen molar-refractivity contribution in [3.05, 3.63) is 93.8 Å². The van der Waals surface area contributed by atoms with Gasteiger partial charge in [-0.2, -0.15) is 0 Å². The summed E-state index contributed by atoms with van der Waals surface area (Å²) in [7, 11) is 1.61. The average molecular weight is 471 g/mol. The molecule has 180 valence electrons. The lowest BCUT2D eigenvalue weighted by Crippen LogP contribution is -2.45. The van der Waals surface area contributed by atoms with Crippen LogP contribution in [-0.4, -0.2) is 48.2 Å². The summed E-state index contributed by atoms with van der Waals surface area (Å²) >= 11 is 0. The van der Waals surface area contributed by atoms with Crippen molar-refractivity contribution >= 4 is 11.0 Å². The molecule has 6 heteroatoms. The Kier molecular flexibility index (Phi) is 6.57. The van der Waals surface area contributed by atoms with Gasteiger partial charge in [0, 0.05) is 44.7 Å². The number of aryl methyl sites for hydroxylation is 1. The molecule has 0 spiro atoms. The van der Waals surface area contributed by atoms with Crippen molar-refractivity contribution in [3.8, 4) is 22.6 Å². The maximum absolute atomic E-state index is 13.1. The molecule has 1 aliphatic heterocycles. The minimum absolute atomic E-state index is 0.156. The molecule has 0 amide bonds. The fourth-order valence-electron chi connectivity index (χ4n) is 4.88. The van der Waals surface area contributed by atoms with Crippen molar-refractivity contribution in [2.24, 2.45) is 0 Å². The van der Waals surface area contributed by atoms with E-state index in [4.69, 9.17) is 9.15 Å². The predicted octanol–water partition coefficient (Wildman–Crippen LogP) is 4.80. The van der Waals surface area contributed by atoms with E-state index in [0.29, 0.717) is 23.3 Å². The number of phenols is 1. The van der Waals surface area contributed by atoms with Gasteiger partial charge >= 0.3 is 5.63 Å². The summed E-state index contributed by atoms with van der Waals surface area (Å²) in [6.07, 6.45) is 0. The van der Waals surface area contributed by atoms with Gasteiger partial charge in [0.05, 0.1) is 18.2 Å². The molecule has 0 bridgehead atoms. The number of hydrogen-bond donors (Lipinski definition) is 1. The fraction of sp³-hybridized carbons (Fsp3) is 0.276. The maximum atomic E-state index is 13.1. The number of nitrogens with zero attached hydrogens (tertiary/aromatic N) is 2. The lowest BCUT2D eigenvalue weighted by Gasteiger charge is -2.34. The largest absolute Gasteiger partial charge is 0.507 e. The number of ether oxygens (including phenoxy) is 1. The minimum Gasteiger partial charge on any atom is -0.507 e. The molecule has 35 heavy (non-hydrogen) atoms. The molecule has 0 radical (unpaired) electrons. The number of fused-ring (bicyclic) bond motifs is 1. The fourth-order valence-corrected chi connectivity index (χ4v) is 4.88. The van der Waals surface area contributed by atoms with Gasteiger partial charge < -0.3 is 14.3 Å². The van der Waals surface area contributed by atoms with Gasteiger partial charge in [0.25, 0.3) is 0 Å². The van der Waals surface area contributed by atoms with E-state index < -0.39 is 5.63 Å². The highest BCUT2D eigenvalue weighted by molar-refractivity contribution is 5.89. The third-order valence-corrected chi connectivity index (χ3v) is 6.89. The van der Waals surface area contributed by atoms with E-state index in [2.05, 4.69) is 34.1 Å². The Balaban J connectivity index is 1.39. The SMILES string of the molecule is COc1ccc(-c2c(C)c3ccc(O)c(CN4CCN(Cc5ccccc5)CC4)c3oc2=O)cc1. The molecule has 1 aliphatic rings. The number of aromatic hydroxyl groups is 1. The van der Waals surface area contributed by atoms with Crippen molar-refractivity contribution < 1.29 is 14.3 Å². The smallest absolute Gasteiger partial charge is 0.344 e. The van der Waals surface area contributed by atoms with Crippen molar-refractivity contribution in [2.45, 2.75) is 20.0 Å². The van der Waals surface area contributed by atoms with E-state index in [1.165, 1.54) is 5.56 Å². The first kappa shape index (κ1) is 23.1. The van der Waals surface area contributed by atoms with Crippen molar-refractivity contribution in [2.75, 3.05) is 33.3 Å². The molecule has 1 aromatic heterocycles. The van der Waals surface area contributed by atoms with Crippen LogP contribution in [0.2, 0.25) is 0 Å². The van der Waals surface area contributed by atoms with E-state index in [9.17, 15) is 9.90 Å². The van der Waals surface area contributed by atoms with Crippen LogP contribution >= 0.6 is 0 Å². The standard InChI is InChI=1S/C29H30N2O4/c1-20-24-12-13-26(32)25(19-31-16-14-30(15-17-31)18-21-6-4-3-5-7-21)28(24)35-29(33)27(20)22-8-10-23(34-2)11-9-22/h3-13,32H,14-19H2,1-2H3. The lowest BCUT2D eigenvalue weighted by atomic mass is 9.97. The quantitative estimate of drug-likeness (QED) is 0.409. The molecular formula is C29H30N2O4. The predicted molar refractivity (Wildman–Crippen MR) is 138 cm³/mol. The molecule has 0 unspecified atom stereocenters. The first-order valence-corrected chi connectivity index (χ1v) is 11.9. The average Bonchev–Trinajstić information content (AvgIpc) is 2.88. The molecule has 1 fully saturated rings. The topological polar surface area (TPSA) is 66.2 Å². The molecule has 5 rings (SSSR count). The Morgan fingerprint density at radius 3 is 2.20 bits per heavy atom. The Morgan fingerprint density at radius 2 is 1.54 bits per heavy atom. The van der Waals surface area contributed by atoms with Crippen LogP contribution in [0.1, 0.15) is 16.7 Å². The number of phenolic OH excluding ortho intramolecular Hbond substituents is 1. The van der Waals surface area contributed by atoms with Gasteiger partial charge in [-0.15, -0.1) is 0 Å². The van der Waals surface area contributed by atoms with Crippen LogP contribution in [0.4, 0.5) is 0 Å². The third kappa shape index (κ3) is 4.81. The first-order chi connectivity index (χ1) is 17.0. The van der Waals surface area contributed by atoms with Crippen LogP contribution in [0.3, 0.4) is 0 Å². The van der Waals surface area contributed by atoms with Gasteiger partial charge in [-0.1, -0.05) is 42.5 Å². The van der Waals surface area contributed by atoms with Crippen LogP contribution in [0.25, 0.3) is 22.1 Å². The molecular weight excluding hydrogens is 440 g/mol. The van der Waals surface area contributed by atoms with E-state index in [1.807, 2.05) is 43.3 Å². The second-order valence-corrected chi connectivity index (χ2v) is 9.10. The minimum atomic E-state index is -0.403. The van der Waals surface area contributed by atoms with Gasteiger partial charge in [0.1, 0.15) is 17.1 Å². The van der Waals surface area contributed by atoms with Crippen LogP contribution in [0, 0.1) is 6.92 Å². The molecule has 0 atom stereocenters. The Bertz CT molecular complexity index is 1370. The number of piperazine rings is 1. The van der Waals surface area contributed by atoms with E-state index >= 15 is 0 Å². The second-order valence-electron chi connectivity index (χ2n) is 9.10. The van der Waals surface area contributed by atoms with Gasteiger partial charge in [-0.3, -0.25) is 9.80 Å². The highest BCUT2D eigenvalue weighted by Gasteiger charge is 2.22. The van der Waals surface area contributed by atoms with Crippen LogP contribution in [0.5, 0.6) is 11.5 Å². The normalized spacial score (nSPS) is 14.9. The van der Waals surface area contributed by atoms with Gasteiger partial charge in [-0.25, -0.2) is 4.79 Å². The summed E-state index contributed by atoms with van der Waals surface area (Å²) in [5, 5.41) is 11.5. The van der Waals surface area contributed by atoms with Gasteiger partial charge in [0.2, 0.25) is 0 Å². The summed E-state index contributed by atoms with van der Waals surface area (Å²) in [6, 6.07) is 21.4. The van der Waals surface area contributed by atoms with E-state index in [1.54, 1.807) is 13.2 Å². The lowest BCUT2D eigenvalue weighted by molar-refractivity contribution is 0.121. The molecule has 1 N–H and O–H groups in total. The van der Waals surface area contributed by atoms with Crippen molar-refractivity contribution in [1.82, 2.24) is 9.80 Å². The molecule has 2 heterocycles. The van der Waals surface area contributed by atoms with Crippen molar-refractivity contribution in [1.29, 1.82) is 0 Å². The summed E-state index contributed by atoms with van der Waals surface area (Å²) < 4.78 is 11.1. The first-order valence-electron chi connectivity index (χ1n) is 11.9. The number of hydrogen-bond acceptors (Lipinski definition) is 6. The zero-order chi connectivity index (χ0) is 24.4. The molecule has 4 aromatic rings. The zero-order valence-corrected chi connectivity index (χ0v) is 20.2. The Labute approximate surface area is 205 Å². The highest BCUT2D eigenvalue weighted by atomic mass is 16.5. The maximum Gasteiger partial charge on any atom is 0.344 e. The Hall–Kier alpha value is -3.61. The van der Waals surface area contributed by atoms with Crippen LogP contribution in [-0.2, 0) is 13.1 Å². The Morgan fingerprint density at radius 1 is 0.886 bits per heavy atom. The zero-order valence-electron chi connectivity index (χ0n) is 20.2. The summed E-state index contributed by atoms with van der Waals surface area (Å²) in [5.74, 6) is 0.886. The molecule has 6 nitrogen and oxygen atoms in total. The monoisotopic (exact) mass is 470 g/mol. The van der Waals surface area contributed by atoms with Crippen LogP contribution < -0.4 is 10.4 Å².